The molecule has 0 unspecified atom stereocenters. The minimum Gasteiger partial charge on any atom is -0.444 e. The fraction of sp³-hybridized carbons (Fsp3) is 0.929. The summed E-state index contributed by atoms with van der Waals surface area (Å²) in [5.41, 5.74) is -0.324. The van der Waals surface area contributed by atoms with Crippen molar-refractivity contribution >= 4 is 6.09 Å². The molecule has 0 aromatic carbocycles. The number of alkyl carbamates (subject to hydrolysis) is 1. The first kappa shape index (κ1) is 16.2. The molecule has 1 amide bonds. The maximum atomic E-state index is 11.6. The Morgan fingerprint density at radius 2 is 1.89 bits per heavy atom. The molecule has 3 N–H and O–H groups in total. The lowest BCUT2D eigenvalue weighted by Gasteiger charge is -2.36. The molecule has 1 aliphatic carbocycles. The van der Waals surface area contributed by atoms with Crippen LogP contribution in [0.25, 0.3) is 0 Å². The van der Waals surface area contributed by atoms with E-state index in [-0.39, 0.29) is 11.5 Å². The van der Waals surface area contributed by atoms with Crippen molar-refractivity contribution in [3.05, 3.63) is 0 Å². The van der Waals surface area contributed by atoms with Crippen molar-refractivity contribution in [1.82, 2.24) is 5.32 Å². The van der Waals surface area contributed by atoms with Crippen LogP contribution in [0, 0.1) is 5.41 Å². The zero-order valence-electron chi connectivity index (χ0n) is 12.5. The van der Waals surface area contributed by atoms with E-state index in [4.69, 9.17) is 15.5 Å². The first-order valence-corrected chi connectivity index (χ1v) is 7.15. The Balaban J connectivity index is 2.34. The van der Waals surface area contributed by atoms with Gasteiger partial charge in [-0.25, -0.2) is 10.7 Å². The molecule has 0 saturated heterocycles. The largest absolute Gasteiger partial charge is 0.444 e. The molecule has 0 atom stereocenters. The van der Waals surface area contributed by atoms with Gasteiger partial charge in [-0.2, -0.15) is 0 Å². The van der Waals surface area contributed by atoms with Crippen molar-refractivity contribution < 1.29 is 14.4 Å². The summed E-state index contributed by atoms with van der Waals surface area (Å²) in [6, 6.07) is 0. The van der Waals surface area contributed by atoms with Gasteiger partial charge in [-0.1, -0.05) is 19.3 Å². The Morgan fingerprint density at radius 1 is 1.26 bits per heavy atom. The lowest BCUT2D eigenvalue weighted by atomic mass is 9.72. The number of ether oxygens (including phenoxy) is 1. The van der Waals surface area contributed by atoms with Crippen LogP contribution >= 0.6 is 0 Å². The average molecular weight is 272 g/mol. The van der Waals surface area contributed by atoms with Gasteiger partial charge in [0.15, 0.2) is 0 Å². The van der Waals surface area contributed by atoms with Gasteiger partial charge >= 0.3 is 6.09 Å². The fourth-order valence-corrected chi connectivity index (χ4v) is 2.69. The van der Waals surface area contributed by atoms with Gasteiger partial charge in [-0.3, -0.25) is 0 Å². The number of amides is 1. The topological polar surface area (TPSA) is 73.6 Å². The summed E-state index contributed by atoms with van der Waals surface area (Å²) in [5, 5.41) is 2.81. The molecule has 0 spiro atoms. The van der Waals surface area contributed by atoms with Gasteiger partial charge < -0.3 is 14.9 Å². The van der Waals surface area contributed by atoms with Crippen LogP contribution in [0.3, 0.4) is 0 Å². The third-order valence-electron chi connectivity index (χ3n) is 3.63. The number of hydrogen-bond acceptors (Lipinski definition) is 4. The Kier molecular flexibility index (Phi) is 6.07. The molecular formula is C14H28N2O3. The number of rotatable bonds is 5. The minimum absolute atomic E-state index is 0.127. The second-order valence-corrected chi connectivity index (χ2v) is 6.55. The summed E-state index contributed by atoms with van der Waals surface area (Å²) in [6.07, 6.45) is 6.51. The van der Waals surface area contributed by atoms with Gasteiger partial charge in [0.25, 0.3) is 0 Å². The molecule has 0 aliphatic heterocycles. The van der Waals surface area contributed by atoms with Crippen LogP contribution in [0.15, 0.2) is 0 Å². The molecule has 1 saturated carbocycles. The van der Waals surface area contributed by atoms with Gasteiger partial charge in [0.1, 0.15) is 5.60 Å². The van der Waals surface area contributed by atoms with Crippen LogP contribution in [-0.2, 0) is 9.57 Å². The summed E-state index contributed by atoms with van der Waals surface area (Å²) in [4.78, 5) is 16.5. The van der Waals surface area contributed by atoms with Gasteiger partial charge in [-0.05, 0) is 45.4 Å². The lowest BCUT2D eigenvalue weighted by Crippen LogP contribution is -2.38. The number of nitrogens with two attached hydrogens (primary N) is 1. The highest BCUT2D eigenvalue weighted by Gasteiger charge is 2.32. The first-order valence-electron chi connectivity index (χ1n) is 7.15. The molecule has 1 aliphatic rings. The van der Waals surface area contributed by atoms with Crippen molar-refractivity contribution in [1.29, 1.82) is 0 Å². The van der Waals surface area contributed by atoms with Crippen LogP contribution in [0.2, 0.25) is 0 Å². The van der Waals surface area contributed by atoms with Gasteiger partial charge in [0, 0.05) is 6.54 Å². The van der Waals surface area contributed by atoms with Gasteiger partial charge in [-0.15, -0.1) is 0 Å². The third kappa shape index (κ3) is 6.25. The molecule has 5 heteroatoms. The third-order valence-corrected chi connectivity index (χ3v) is 3.63. The van der Waals surface area contributed by atoms with Crippen molar-refractivity contribution in [2.75, 3.05) is 13.2 Å². The smallest absolute Gasteiger partial charge is 0.407 e. The summed E-state index contributed by atoms with van der Waals surface area (Å²) in [5.74, 6) is 5.25. The summed E-state index contributed by atoms with van der Waals surface area (Å²) in [6.45, 7) is 6.76. The Bertz CT molecular complexity index is 275. The maximum Gasteiger partial charge on any atom is 0.407 e. The second kappa shape index (κ2) is 7.10. The average Bonchev–Trinajstić information content (AvgIpc) is 2.28. The van der Waals surface area contributed by atoms with E-state index in [1.165, 1.54) is 19.3 Å². The normalized spacial score (nSPS) is 18.9. The molecular weight excluding hydrogens is 244 g/mol. The summed E-state index contributed by atoms with van der Waals surface area (Å²) in [7, 11) is 0. The van der Waals surface area contributed by atoms with Crippen LogP contribution in [0.4, 0.5) is 4.79 Å². The SMILES string of the molecule is CC(C)(C)OC(=O)NCCC1(CON)CCCCC1. The van der Waals surface area contributed by atoms with Gasteiger partial charge in [0.05, 0.1) is 6.61 Å². The molecule has 1 rings (SSSR count). The number of carbonyl (C=O) groups is 1. The standard InChI is InChI=1S/C14H28N2O3/c1-13(2,3)19-12(17)16-10-9-14(11-18-15)7-5-4-6-8-14/h4-11,15H2,1-3H3,(H,16,17). The lowest BCUT2D eigenvalue weighted by molar-refractivity contribution is 0.0124. The molecule has 0 bridgehead atoms. The predicted molar refractivity (Wildman–Crippen MR) is 74.5 cm³/mol. The van der Waals surface area contributed by atoms with Crippen LogP contribution < -0.4 is 11.2 Å². The molecule has 0 heterocycles. The summed E-state index contributed by atoms with van der Waals surface area (Å²) >= 11 is 0. The highest BCUT2D eigenvalue weighted by atomic mass is 16.6. The minimum atomic E-state index is -0.451. The van der Waals surface area contributed by atoms with E-state index in [0.29, 0.717) is 13.2 Å². The summed E-state index contributed by atoms with van der Waals surface area (Å²) < 4.78 is 5.21. The van der Waals surface area contributed by atoms with Crippen LogP contribution in [-0.4, -0.2) is 24.8 Å². The number of carbonyl (C=O) groups excluding carboxylic acids is 1. The maximum absolute atomic E-state index is 11.6. The Hall–Kier alpha value is -0.810. The Morgan fingerprint density at radius 3 is 2.42 bits per heavy atom. The van der Waals surface area contributed by atoms with Crippen molar-refractivity contribution in [3.8, 4) is 0 Å². The van der Waals surface area contributed by atoms with Gasteiger partial charge in [0.2, 0.25) is 0 Å². The van der Waals surface area contributed by atoms with E-state index < -0.39 is 5.60 Å². The molecule has 0 radical (unpaired) electrons. The second-order valence-electron chi connectivity index (χ2n) is 6.55. The van der Waals surface area contributed by atoms with E-state index in [9.17, 15) is 4.79 Å². The van der Waals surface area contributed by atoms with Crippen molar-refractivity contribution in [2.24, 2.45) is 11.3 Å². The molecule has 112 valence electrons. The zero-order valence-corrected chi connectivity index (χ0v) is 12.5. The highest BCUT2D eigenvalue weighted by Crippen LogP contribution is 2.39. The number of hydrogen-bond donors (Lipinski definition) is 2. The molecule has 0 aromatic heterocycles. The molecule has 1 fully saturated rings. The fourth-order valence-electron chi connectivity index (χ4n) is 2.69. The highest BCUT2D eigenvalue weighted by molar-refractivity contribution is 5.67. The van der Waals surface area contributed by atoms with E-state index >= 15 is 0 Å². The quantitative estimate of drug-likeness (QED) is 0.755. The van der Waals surface area contributed by atoms with E-state index in [2.05, 4.69) is 5.32 Å². The number of nitrogens with one attached hydrogen (secondary N) is 1. The molecule has 19 heavy (non-hydrogen) atoms. The van der Waals surface area contributed by atoms with Crippen LogP contribution in [0.5, 0.6) is 0 Å². The van der Waals surface area contributed by atoms with E-state index in [0.717, 1.165) is 19.3 Å². The predicted octanol–water partition coefficient (Wildman–Crippen LogP) is 2.74. The van der Waals surface area contributed by atoms with Crippen molar-refractivity contribution in [2.45, 2.75) is 64.9 Å². The van der Waals surface area contributed by atoms with E-state index in [1.807, 2.05) is 20.8 Å². The molecule has 0 aromatic rings. The first-order chi connectivity index (χ1) is 8.87. The van der Waals surface area contributed by atoms with Crippen molar-refractivity contribution in [3.63, 3.8) is 0 Å². The Labute approximate surface area is 116 Å². The van der Waals surface area contributed by atoms with E-state index in [1.54, 1.807) is 0 Å². The zero-order chi connectivity index (χ0) is 14.4. The monoisotopic (exact) mass is 272 g/mol. The molecule has 5 nitrogen and oxygen atoms in total. The van der Waals surface area contributed by atoms with Crippen LogP contribution in [0.1, 0.15) is 59.3 Å².